The van der Waals surface area contributed by atoms with Crippen LogP contribution in [0.1, 0.15) is 10.4 Å². The molecule has 18 heavy (non-hydrogen) atoms. The number of aryl methyl sites for hydroxylation is 1. The second-order valence-corrected chi connectivity index (χ2v) is 3.80. The Balaban J connectivity index is 2.36. The highest BCUT2D eigenvalue weighted by Gasteiger charge is 2.13. The van der Waals surface area contributed by atoms with Crippen LogP contribution < -0.4 is 5.32 Å². The van der Waals surface area contributed by atoms with Gasteiger partial charge < -0.3 is 5.32 Å². The van der Waals surface area contributed by atoms with Crippen LogP contribution in [0.25, 0.3) is 11.3 Å². The molecule has 0 spiro atoms. The van der Waals surface area contributed by atoms with E-state index in [0.717, 1.165) is 5.56 Å². The summed E-state index contributed by atoms with van der Waals surface area (Å²) in [5.74, 6) is -0.165. The lowest BCUT2D eigenvalue weighted by Crippen LogP contribution is -2.24. The molecule has 92 valence electrons. The zero-order valence-electron chi connectivity index (χ0n) is 10.1. The molecule has 1 N–H and O–H groups in total. The average molecular weight is 242 g/mol. The zero-order chi connectivity index (χ0) is 13.0. The fraction of sp³-hybridized carbons (Fsp3) is 0.154. The lowest BCUT2D eigenvalue weighted by molar-refractivity contribution is 0.0958. The third-order valence-electron chi connectivity index (χ3n) is 2.44. The summed E-state index contributed by atoms with van der Waals surface area (Å²) in [6.07, 6.45) is 6.81. The van der Waals surface area contributed by atoms with Gasteiger partial charge in [0.25, 0.3) is 5.91 Å². The maximum atomic E-state index is 12.0. The fourth-order valence-corrected chi connectivity index (χ4v) is 1.62. The SMILES string of the molecule is C=CCNC(=O)c1cccnc1-c1cnn(C)c1. The van der Waals surface area contributed by atoms with Gasteiger partial charge in [-0.1, -0.05) is 6.08 Å². The molecule has 2 aromatic rings. The Labute approximate surface area is 105 Å². The predicted octanol–water partition coefficient (Wildman–Crippen LogP) is 1.40. The average Bonchev–Trinajstić information content (AvgIpc) is 2.82. The molecule has 0 fully saturated rings. The maximum absolute atomic E-state index is 12.0. The van der Waals surface area contributed by atoms with E-state index in [1.54, 1.807) is 35.3 Å². The molecule has 0 aromatic carbocycles. The minimum absolute atomic E-state index is 0.165. The third-order valence-corrected chi connectivity index (χ3v) is 2.44. The Bertz CT molecular complexity index is 574. The van der Waals surface area contributed by atoms with E-state index in [9.17, 15) is 4.79 Å². The number of pyridine rings is 1. The molecular formula is C13H14N4O. The highest BCUT2D eigenvalue weighted by atomic mass is 16.1. The van der Waals surface area contributed by atoms with Gasteiger partial charge in [-0.15, -0.1) is 6.58 Å². The summed E-state index contributed by atoms with van der Waals surface area (Å²) in [6, 6.07) is 3.48. The van der Waals surface area contributed by atoms with Gasteiger partial charge in [0, 0.05) is 31.5 Å². The third kappa shape index (κ3) is 2.45. The van der Waals surface area contributed by atoms with Gasteiger partial charge in [0.2, 0.25) is 0 Å². The first-order valence-electron chi connectivity index (χ1n) is 5.55. The summed E-state index contributed by atoms with van der Waals surface area (Å²) in [4.78, 5) is 16.2. The van der Waals surface area contributed by atoms with Crippen molar-refractivity contribution < 1.29 is 4.79 Å². The van der Waals surface area contributed by atoms with Gasteiger partial charge in [0.1, 0.15) is 0 Å². The van der Waals surface area contributed by atoms with Crippen molar-refractivity contribution in [2.24, 2.45) is 7.05 Å². The van der Waals surface area contributed by atoms with Gasteiger partial charge in [-0.25, -0.2) is 0 Å². The van der Waals surface area contributed by atoms with E-state index >= 15 is 0 Å². The molecule has 0 saturated carbocycles. The van der Waals surface area contributed by atoms with Crippen molar-refractivity contribution in [2.45, 2.75) is 0 Å². The molecule has 1 amide bonds. The van der Waals surface area contributed by atoms with Crippen molar-refractivity contribution >= 4 is 5.91 Å². The zero-order valence-corrected chi connectivity index (χ0v) is 10.1. The fourth-order valence-electron chi connectivity index (χ4n) is 1.62. The molecule has 5 heteroatoms. The first-order valence-corrected chi connectivity index (χ1v) is 5.55. The molecule has 2 heterocycles. The van der Waals surface area contributed by atoms with Gasteiger partial charge in [-0.3, -0.25) is 14.5 Å². The van der Waals surface area contributed by atoms with Crippen molar-refractivity contribution in [1.29, 1.82) is 0 Å². The number of rotatable bonds is 4. The number of carbonyl (C=O) groups is 1. The molecule has 0 aliphatic heterocycles. The van der Waals surface area contributed by atoms with Crippen LogP contribution in [-0.2, 0) is 7.05 Å². The number of aromatic nitrogens is 3. The van der Waals surface area contributed by atoms with Crippen molar-refractivity contribution in [3.63, 3.8) is 0 Å². The molecule has 0 aliphatic carbocycles. The Morgan fingerprint density at radius 1 is 1.61 bits per heavy atom. The van der Waals surface area contributed by atoms with Crippen LogP contribution in [-0.4, -0.2) is 27.2 Å². The van der Waals surface area contributed by atoms with E-state index < -0.39 is 0 Å². The first kappa shape index (κ1) is 12.0. The molecule has 2 aromatic heterocycles. The van der Waals surface area contributed by atoms with E-state index in [4.69, 9.17) is 0 Å². The number of nitrogens with one attached hydrogen (secondary N) is 1. The quantitative estimate of drug-likeness (QED) is 0.824. The van der Waals surface area contributed by atoms with Crippen LogP contribution >= 0.6 is 0 Å². The van der Waals surface area contributed by atoms with Crippen LogP contribution in [0.4, 0.5) is 0 Å². The minimum atomic E-state index is -0.165. The Hall–Kier alpha value is -2.43. The van der Waals surface area contributed by atoms with Gasteiger partial charge in [-0.2, -0.15) is 5.10 Å². The molecule has 0 radical (unpaired) electrons. The lowest BCUT2D eigenvalue weighted by Gasteiger charge is -2.06. The van der Waals surface area contributed by atoms with Crippen LogP contribution in [0.2, 0.25) is 0 Å². The molecule has 0 atom stereocenters. The van der Waals surface area contributed by atoms with E-state index in [1.807, 2.05) is 13.2 Å². The highest BCUT2D eigenvalue weighted by molar-refractivity contribution is 5.99. The maximum Gasteiger partial charge on any atom is 0.253 e. The highest BCUT2D eigenvalue weighted by Crippen LogP contribution is 2.19. The normalized spacial score (nSPS) is 10.1. The second kappa shape index (κ2) is 5.27. The smallest absolute Gasteiger partial charge is 0.253 e. The number of hydrogen-bond acceptors (Lipinski definition) is 3. The van der Waals surface area contributed by atoms with Crippen LogP contribution in [0, 0.1) is 0 Å². The standard InChI is InChI=1S/C13H14N4O/c1-3-6-15-13(18)11-5-4-7-14-12(11)10-8-16-17(2)9-10/h3-5,7-9H,1,6H2,2H3,(H,15,18). The van der Waals surface area contributed by atoms with Crippen LogP contribution in [0.15, 0.2) is 43.4 Å². The van der Waals surface area contributed by atoms with E-state index in [0.29, 0.717) is 17.8 Å². The van der Waals surface area contributed by atoms with Gasteiger partial charge in [0.15, 0.2) is 0 Å². The van der Waals surface area contributed by atoms with E-state index in [1.165, 1.54) is 0 Å². The Kier molecular flexibility index (Phi) is 3.52. The number of amides is 1. The van der Waals surface area contributed by atoms with Crippen molar-refractivity contribution in [3.05, 3.63) is 48.9 Å². The van der Waals surface area contributed by atoms with E-state index in [2.05, 4.69) is 22.0 Å². The Morgan fingerprint density at radius 3 is 3.11 bits per heavy atom. The largest absolute Gasteiger partial charge is 0.349 e. The number of carbonyl (C=O) groups excluding carboxylic acids is 1. The number of nitrogens with zero attached hydrogens (tertiary/aromatic N) is 3. The Morgan fingerprint density at radius 2 is 2.44 bits per heavy atom. The summed E-state index contributed by atoms with van der Waals surface area (Å²) in [7, 11) is 1.82. The molecular weight excluding hydrogens is 228 g/mol. The molecule has 5 nitrogen and oxygen atoms in total. The minimum Gasteiger partial charge on any atom is -0.349 e. The van der Waals surface area contributed by atoms with Crippen LogP contribution in [0.5, 0.6) is 0 Å². The molecule has 0 aliphatic rings. The van der Waals surface area contributed by atoms with Gasteiger partial charge in [-0.05, 0) is 12.1 Å². The molecule has 0 unspecified atom stereocenters. The van der Waals surface area contributed by atoms with E-state index in [-0.39, 0.29) is 5.91 Å². The van der Waals surface area contributed by atoms with Gasteiger partial charge in [0.05, 0.1) is 17.5 Å². The van der Waals surface area contributed by atoms with Crippen molar-refractivity contribution in [2.75, 3.05) is 6.54 Å². The van der Waals surface area contributed by atoms with Crippen molar-refractivity contribution in [1.82, 2.24) is 20.1 Å². The topological polar surface area (TPSA) is 59.8 Å². The summed E-state index contributed by atoms with van der Waals surface area (Å²) in [5.41, 5.74) is 1.99. The summed E-state index contributed by atoms with van der Waals surface area (Å²) >= 11 is 0. The number of hydrogen-bond donors (Lipinski definition) is 1. The predicted molar refractivity (Wildman–Crippen MR) is 69.0 cm³/mol. The molecule has 0 bridgehead atoms. The molecule has 2 rings (SSSR count). The van der Waals surface area contributed by atoms with Crippen LogP contribution in [0.3, 0.4) is 0 Å². The lowest BCUT2D eigenvalue weighted by atomic mass is 10.1. The summed E-state index contributed by atoms with van der Waals surface area (Å²) < 4.78 is 1.68. The van der Waals surface area contributed by atoms with Gasteiger partial charge >= 0.3 is 0 Å². The van der Waals surface area contributed by atoms with Crippen molar-refractivity contribution in [3.8, 4) is 11.3 Å². The molecule has 0 saturated heterocycles. The first-order chi connectivity index (χ1) is 8.72. The summed E-state index contributed by atoms with van der Waals surface area (Å²) in [5, 5.41) is 6.83. The monoisotopic (exact) mass is 242 g/mol. The second-order valence-electron chi connectivity index (χ2n) is 3.80. The summed E-state index contributed by atoms with van der Waals surface area (Å²) in [6.45, 7) is 4.00.